The van der Waals surface area contributed by atoms with E-state index in [0.717, 1.165) is 11.1 Å². The van der Waals surface area contributed by atoms with Gasteiger partial charge in [-0.15, -0.1) is 11.3 Å². The van der Waals surface area contributed by atoms with Crippen molar-refractivity contribution in [3.8, 4) is 0 Å². The SMILES string of the molecule is CC(C)(NCc1ccc(C(N)=O)cc1F)c1nccs1. The minimum absolute atomic E-state index is 0.172. The summed E-state index contributed by atoms with van der Waals surface area (Å²) < 4.78 is 13.9. The Hall–Kier alpha value is -1.79. The lowest BCUT2D eigenvalue weighted by Gasteiger charge is -2.24. The number of nitrogens with zero attached hydrogens (tertiary/aromatic N) is 1. The molecule has 1 heterocycles. The van der Waals surface area contributed by atoms with Crippen LogP contribution >= 0.6 is 11.3 Å². The van der Waals surface area contributed by atoms with Crippen molar-refractivity contribution in [2.24, 2.45) is 5.73 Å². The summed E-state index contributed by atoms with van der Waals surface area (Å²) >= 11 is 1.55. The van der Waals surface area contributed by atoms with E-state index in [0.29, 0.717) is 12.1 Å². The summed E-state index contributed by atoms with van der Waals surface area (Å²) in [4.78, 5) is 15.2. The van der Waals surface area contributed by atoms with Gasteiger partial charge in [0.25, 0.3) is 0 Å². The van der Waals surface area contributed by atoms with Crippen LogP contribution in [0.25, 0.3) is 0 Å². The van der Waals surface area contributed by atoms with Crippen LogP contribution in [-0.4, -0.2) is 10.9 Å². The van der Waals surface area contributed by atoms with Crippen molar-refractivity contribution in [3.63, 3.8) is 0 Å². The Morgan fingerprint density at radius 1 is 1.50 bits per heavy atom. The molecule has 20 heavy (non-hydrogen) atoms. The Kier molecular flexibility index (Phi) is 4.15. The van der Waals surface area contributed by atoms with Crippen LogP contribution in [0.4, 0.5) is 4.39 Å². The number of hydrogen-bond donors (Lipinski definition) is 2. The zero-order chi connectivity index (χ0) is 14.8. The van der Waals surface area contributed by atoms with Gasteiger partial charge in [0, 0.05) is 29.2 Å². The van der Waals surface area contributed by atoms with Gasteiger partial charge in [0.1, 0.15) is 10.8 Å². The average Bonchev–Trinajstić information content (AvgIpc) is 2.91. The molecule has 2 aromatic rings. The molecule has 0 aliphatic rings. The Labute approximate surface area is 120 Å². The van der Waals surface area contributed by atoms with Crippen LogP contribution in [0.5, 0.6) is 0 Å². The third-order valence-electron chi connectivity index (χ3n) is 3.03. The van der Waals surface area contributed by atoms with Gasteiger partial charge in [-0.3, -0.25) is 4.79 Å². The predicted molar refractivity (Wildman–Crippen MR) is 76.9 cm³/mol. The number of amides is 1. The molecule has 0 fully saturated rings. The summed E-state index contributed by atoms with van der Waals surface area (Å²) in [6.45, 7) is 4.32. The Balaban J connectivity index is 2.10. The van der Waals surface area contributed by atoms with E-state index in [2.05, 4.69) is 10.3 Å². The minimum Gasteiger partial charge on any atom is -0.366 e. The lowest BCUT2D eigenvalue weighted by Crippen LogP contribution is -2.36. The quantitative estimate of drug-likeness (QED) is 0.889. The molecule has 0 saturated carbocycles. The number of halogens is 1. The molecule has 4 nitrogen and oxygen atoms in total. The number of rotatable bonds is 5. The number of benzene rings is 1. The topological polar surface area (TPSA) is 68.0 Å². The van der Waals surface area contributed by atoms with Crippen LogP contribution in [0.15, 0.2) is 29.8 Å². The van der Waals surface area contributed by atoms with Crippen molar-refractivity contribution >= 4 is 17.2 Å². The second-order valence-corrected chi connectivity index (χ2v) is 5.88. The fourth-order valence-electron chi connectivity index (χ4n) is 1.77. The largest absolute Gasteiger partial charge is 0.366 e. The number of aromatic nitrogens is 1. The number of nitrogens with one attached hydrogen (secondary N) is 1. The van der Waals surface area contributed by atoms with Gasteiger partial charge in [-0.2, -0.15) is 0 Å². The van der Waals surface area contributed by atoms with Gasteiger partial charge in [-0.1, -0.05) is 6.07 Å². The highest BCUT2D eigenvalue weighted by molar-refractivity contribution is 7.09. The summed E-state index contributed by atoms with van der Waals surface area (Å²) in [7, 11) is 0. The number of hydrogen-bond acceptors (Lipinski definition) is 4. The van der Waals surface area contributed by atoms with Gasteiger partial charge in [0.15, 0.2) is 0 Å². The summed E-state index contributed by atoms with van der Waals surface area (Å²) in [5, 5.41) is 6.10. The molecule has 0 aliphatic carbocycles. The van der Waals surface area contributed by atoms with Gasteiger partial charge in [0.2, 0.25) is 5.91 Å². The highest BCUT2D eigenvalue weighted by Crippen LogP contribution is 2.23. The minimum atomic E-state index is -0.633. The first kappa shape index (κ1) is 14.6. The average molecular weight is 293 g/mol. The molecular formula is C14H16FN3OS. The van der Waals surface area contributed by atoms with Crippen LogP contribution in [0.2, 0.25) is 0 Å². The van der Waals surface area contributed by atoms with Crippen molar-refractivity contribution in [1.29, 1.82) is 0 Å². The molecule has 0 aliphatic heterocycles. The number of thiazole rings is 1. The zero-order valence-corrected chi connectivity index (χ0v) is 12.1. The molecule has 0 saturated heterocycles. The Morgan fingerprint density at radius 3 is 2.80 bits per heavy atom. The number of nitrogens with two attached hydrogens (primary N) is 1. The van der Waals surface area contributed by atoms with E-state index in [9.17, 15) is 9.18 Å². The molecule has 1 aromatic heterocycles. The first-order valence-corrected chi connectivity index (χ1v) is 7.01. The van der Waals surface area contributed by atoms with Gasteiger partial charge >= 0.3 is 0 Å². The maximum Gasteiger partial charge on any atom is 0.248 e. The highest BCUT2D eigenvalue weighted by Gasteiger charge is 2.22. The van der Waals surface area contributed by atoms with E-state index in [1.807, 2.05) is 19.2 Å². The first-order chi connectivity index (χ1) is 9.40. The fraction of sp³-hybridized carbons (Fsp3) is 0.286. The fourth-order valence-corrected chi connectivity index (χ4v) is 2.51. The lowest BCUT2D eigenvalue weighted by atomic mass is 10.1. The standard InChI is InChI=1S/C14H16FN3OS/c1-14(2,13-17-5-6-20-13)18-8-10-4-3-9(12(16)19)7-11(10)15/h3-7,18H,8H2,1-2H3,(H2,16,19). The second kappa shape index (κ2) is 5.68. The monoisotopic (exact) mass is 293 g/mol. The molecule has 0 unspecified atom stereocenters. The molecule has 2 rings (SSSR count). The molecule has 1 aromatic carbocycles. The normalized spacial score (nSPS) is 11.6. The van der Waals surface area contributed by atoms with Crippen LogP contribution in [0.1, 0.15) is 34.8 Å². The summed E-state index contributed by atoms with van der Waals surface area (Å²) in [5.74, 6) is -1.07. The predicted octanol–water partition coefficient (Wildman–Crippen LogP) is 2.41. The van der Waals surface area contributed by atoms with E-state index >= 15 is 0 Å². The third kappa shape index (κ3) is 3.20. The highest BCUT2D eigenvalue weighted by atomic mass is 32.1. The van der Waals surface area contributed by atoms with E-state index in [4.69, 9.17) is 5.73 Å². The molecule has 0 radical (unpaired) electrons. The van der Waals surface area contributed by atoms with E-state index in [1.165, 1.54) is 6.07 Å². The van der Waals surface area contributed by atoms with Gasteiger partial charge < -0.3 is 11.1 Å². The smallest absolute Gasteiger partial charge is 0.248 e. The molecule has 6 heteroatoms. The zero-order valence-electron chi connectivity index (χ0n) is 11.3. The summed E-state index contributed by atoms with van der Waals surface area (Å²) in [5.41, 5.74) is 5.43. The van der Waals surface area contributed by atoms with Crippen molar-refractivity contribution < 1.29 is 9.18 Å². The molecule has 0 atom stereocenters. The maximum absolute atomic E-state index is 13.9. The molecule has 106 valence electrons. The lowest BCUT2D eigenvalue weighted by molar-refractivity contribution is 0.1000. The number of primary amides is 1. The molecule has 0 bridgehead atoms. The Bertz CT molecular complexity index is 611. The molecule has 3 N–H and O–H groups in total. The molecule has 1 amide bonds. The van der Waals surface area contributed by atoms with Crippen LogP contribution in [0, 0.1) is 5.82 Å². The number of carbonyl (C=O) groups excluding carboxylic acids is 1. The molecular weight excluding hydrogens is 277 g/mol. The van der Waals surface area contributed by atoms with Crippen molar-refractivity contribution in [2.45, 2.75) is 25.9 Å². The van der Waals surface area contributed by atoms with Gasteiger partial charge in [0.05, 0.1) is 5.54 Å². The maximum atomic E-state index is 13.9. The van der Waals surface area contributed by atoms with E-state index in [1.54, 1.807) is 23.6 Å². The number of carbonyl (C=O) groups is 1. The van der Waals surface area contributed by atoms with Crippen LogP contribution in [-0.2, 0) is 12.1 Å². The third-order valence-corrected chi connectivity index (χ3v) is 4.12. The van der Waals surface area contributed by atoms with Crippen molar-refractivity contribution in [2.75, 3.05) is 0 Å². The van der Waals surface area contributed by atoms with E-state index in [-0.39, 0.29) is 11.1 Å². The molecule has 0 spiro atoms. The van der Waals surface area contributed by atoms with Crippen molar-refractivity contribution in [1.82, 2.24) is 10.3 Å². The van der Waals surface area contributed by atoms with E-state index < -0.39 is 11.7 Å². The first-order valence-electron chi connectivity index (χ1n) is 6.13. The van der Waals surface area contributed by atoms with Crippen LogP contribution < -0.4 is 11.1 Å². The Morgan fingerprint density at radius 2 is 2.25 bits per heavy atom. The van der Waals surface area contributed by atoms with Crippen LogP contribution in [0.3, 0.4) is 0 Å². The summed E-state index contributed by atoms with van der Waals surface area (Å²) in [6, 6.07) is 4.26. The summed E-state index contributed by atoms with van der Waals surface area (Å²) in [6.07, 6.45) is 1.74. The van der Waals surface area contributed by atoms with Crippen molar-refractivity contribution in [3.05, 3.63) is 51.7 Å². The van der Waals surface area contributed by atoms with Gasteiger partial charge in [-0.25, -0.2) is 9.37 Å². The van der Waals surface area contributed by atoms with Gasteiger partial charge in [-0.05, 0) is 26.0 Å². The second-order valence-electron chi connectivity index (χ2n) is 4.99.